The minimum Gasteiger partial charge on any atom is -0.260 e. The molecule has 64 valence electrons. The maximum absolute atomic E-state index is 3.90. The molecule has 0 amide bonds. The second-order valence-corrected chi connectivity index (χ2v) is 2.44. The molecule has 0 saturated heterocycles. The van der Waals surface area contributed by atoms with Crippen LogP contribution >= 0.6 is 0 Å². The number of nitrogens with one attached hydrogen (secondary N) is 1. The van der Waals surface area contributed by atoms with Crippen molar-refractivity contribution in [3.05, 3.63) is 30.3 Å². The van der Waals surface area contributed by atoms with E-state index in [-0.39, 0.29) is 0 Å². The lowest BCUT2D eigenvalue weighted by molar-refractivity contribution is 0.858. The number of anilines is 1. The second-order valence-electron chi connectivity index (χ2n) is 2.44. The molecule has 3 nitrogen and oxygen atoms in total. The Hall–Kier alpha value is -1.38. The van der Waals surface area contributed by atoms with Crippen LogP contribution in [-0.2, 0) is 0 Å². The van der Waals surface area contributed by atoms with Gasteiger partial charge in [0.1, 0.15) is 0 Å². The molecule has 0 atom stereocenters. The van der Waals surface area contributed by atoms with E-state index in [9.17, 15) is 0 Å². The lowest BCUT2D eigenvalue weighted by Gasteiger charge is -1.95. The summed E-state index contributed by atoms with van der Waals surface area (Å²) in [7, 11) is 0. The molecule has 0 spiro atoms. The molecule has 0 aliphatic rings. The highest BCUT2D eigenvalue weighted by molar-refractivity contribution is 5.41. The van der Waals surface area contributed by atoms with Crippen molar-refractivity contribution in [1.29, 1.82) is 0 Å². The highest BCUT2D eigenvalue weighted by atomic mass is 15.4. The summed E-state index contributed by atoms with van der Waals surface area (Å²) >= 11 is 0. The van der Waals surface area contributed by atoms with Gasteiger partial charge in [-0.05, 0) is 18.6 Å². The third kappa shape index (κ3) is 3.14. The van der Waals surface area contributed by atoms with Crippen LogP contribution in [0, 0.1) is 0 Å². The Morgan fingerprint density at radius 3 is 2.67 bits per heavy atom. The van der Waals surface area contributed by atoms with Crippen LogP contribution in [0.3, 0.4) is 0 Å². The quantitative estimate of drug-likeness (QED) is 0.537. The van der Waals surface area contributed by atoms with Gasteiger partial charge in [-0.3, -0.25) is 5.43 Å². The first-order valence-electron chi connectivity index (χ1n) is 4.11. The van der Waals surface area contributed by atoms with E-state index in [1.54, 1.807) is 0 Å². The lowest BCUT2D eigenvalue weighted by Crippen LogP contribution is -1.86. The lowest BCUT2D eigenvalue weighted by atomic mass is 10.3. The monoisotopic (exact) mass is 163 g/mol. The predicted octanol–water partition coefficient (Wildman–Crippen LogP) is 2.88. The Bertz CT molecular complexity index is 231. The third-order valence-corrected chi connectivity index (χ3v) is 1.35. The van der Waals surface area contributed by atoms with Gasteiger partial charge in [0.05, 0.1) is 12.2 Å². The predicted molar refractivity (Wildman–Crippen MR) is 50.1 cm³/mol. The van der Waals surface area contributed by atoms with Crippen molar-refractivity contribution in [2.45, 2.75) is 13.3 Å². The van der Waals surface area contributed by atoms with Crippen LogP contribution in [-0.4, -0.2) is 6.54 Å². The summed E-state index contributed by atoms with van der Waals surface area (Å²) < 4.78 is 0. The molecule has 0 saturated carbocycles. The minimum absolute atomic E-state index is 0.778. The minimum atomic E-state index is 0.778. The second kappa shape index (κ2) is 5.29. The first-order valence-corrected chi connectivity index (χ1v) is 4.11. The fraction of sp³-hybridized carbons (Fsp3) is 0.333. The SMILES string of the molecule is CCCN=NNc1ccccc1. The average Bonchev–Trinajstić information content (AvgIpc) is 2.14. The van der Waals surface area contributed by atoms with Crippen LogP contribution in [0.1, 0.15) is 13.3 Å². The van der Waals surface area contributed by atoms with Crippen molar-refractivity contribution in [3.8, 4) is 0 Å². The van der Waals surface area contributed by atoms with E-state index in [0.29, 0.717) is 0 Å². The normalized spacial score (nSPS) is 10.4. The summed E-state index contributed by atoms with van der Waals surface area (Å²) in [5, 5.41) is 7.71. The smallest absolute Gasteiger partial charge is 0.0617 e. The molecule has 0 aromatic heterocycles. The van der Waals surface area contributed by atoms with E-state index < -0.39 is 0 Å². The van der Waals surface area contributed by atoms with Gasteiger partial charge in [0.25, 0.3) is 0 Å². The van der Waals surface area contributed by atoms with Gasteiger partial charge >= 0.3 is 0 Å². The molecule has 0 fully saturated rings. The summed E-state index contributed by atoms with van der Waals surface area (Å²) in [6, 6.07) is 9.78. The Labute approximate surface area is 72.5 Å². The zero-order valence-electron chi connectivity index (χ0n) is 7.20. The topological polar surface area (TPSA) is 36.8 Å². The van der Waals surface area contributed by atoms with Crippen molar-refractivity contribution < 1.29 is 0 Å². The number of benzene rings is 1. The van der Waals surface area contributed by atoms with Gasteiger partial charge in [0, 0.05) is 0 Å². The van der Waals surface area contributed by atoms with Crippen LogP contribution in [0.2, 0.25) is 0 Å². The Balaban J connectivity index is 2.33. The number of rotatable bonds is 4. The van der Waals surface area contributed by atoms with E-state index >= 15 is 0 Å². The fourth-order valence-electron chi connectivity index (χ4n) is 0.756. The van der Waals surface area contributed by atoms with Crippen LogP contribution in [0.5, 0.6) is 0 Å². The summed E-state index contributed by atoms with van der Waals surface area (Å²) in [6.45, 7) is 2.85. The van der Waals surface area contributed by atoms with Crippen molar-refractivity contribution in [1.82, 2.24) is 0 Å². The molecule has 0 radical (unpaired) electrons. The molecule has 1 rings (SSSR count). The fourth-order valence-corrected chi connectivity index (χ4v) is 0.756. The third-order valence-electron chi connectivity index (χ3n) is 1.35. The number of nitrogens with zero attached hydrogens (tertiary/aromatic N) is 2. The summed E-state index contributed by atoms with van der Waals surface area (Å²) in [6.07, 6.45) is 1.03. The number of hydrogen-bond donors (Lipinski definition) is 1. The molecule has 0 aliphatic heterocycles. The van der Waals surface area contributed by atoms with Crippen molar-refractivity contribution in [2.24, 2.45) is 10.3 Å². The van der Waals surface area contributed by atoms with Crippen molar-refractivity contribution in [2.75, 3.05) is 12.0 Å². The number of para-hydroxylation sites is 1. The van der Waals surface area contributed by atoms with Crippen molar-refractivity contribution >= 4 is 5.69 Å². The largest absolute Gasteiger partial charge is 0.260 e. The molecular formula is C9H13N3. The molecule has 1 N–H and O–H groups in total. The molecule has 12 heavy (non-hydrogen) atoms. The average molecular weight is 163 g/mol. The highest BCUT2D eigenvalue weighted by Gasteiger charge is 1.83. The van der Waals surface area contributed by atoms with Crippen LogP contribution < -0.4 is 5.43 Å². The first kappa shape index (κ1) is 8.71. The zero-order chi connectivity index (χ0) is 8.65. The number of hydrogen-bond acceptors (Lipinski definition) is 2. The van der Waals surface area contributed by atoms with Crippen molar-refractivity contribution in [3.63, 3.8) is 0 Å². The molecular weight excluding hydrogens is 150 g/mol. The van der Waals surface area contributed by atoms with E-state index in [1.807, 2.05) is 30.3 Å². The molecule has 0 heterocycles. The standard InChI is InChI=1S/C9H13N3/c1-2-8-10-12-11-9-6-4-3-5-7-9/h3-7H,2,8H2,1H3,(H,10,11). The van der Waals surface area contributed by atoms with Crippen LogP contribution in [0.15, 0.2) is 40.7 Å². The Morgan fingerprint density at radius 1 is 1.25 bits per heavy atom. The highest BCUT2D eigenvalue weighted by Crippen LogP contribution is 2.04. The van der Waals surface area contributed by atoms with E-state index in [1.165, 1.54) is 0 Å². The molecule has 0 bridgehead atoms. The van der Waals surface area contributed by atoms with Gasteiger partial charge in [0.15, 0.2) is 0 Å². The van der Waals surface area contributed by atoms with Crippen LogP contribution in [0.25, 0.3) is 0 Å². The summed E-state index contributed by atoms with van der Waals surface area (Å²) in [4.78, 5) is 0. The molecule has 0 unspecified atom stereocenters. The molecule has 3 heteroatoms. The van der Waals surface area contributed by atoms with Gasteiger partial charge in [-0.25, -0.2) is 0 Å². The maximum Gasteiger partial charge on any atom is 0.0617 e. The Morgan fingerprint density at radius 2 is 2.00 bits per heavy atom. The van der Waals surface area contributed by atoms with E-state index in [2.05, 4.69) is 22.7 Å². The van der Waals surface area contributed by atoms with E-state index in [0.717, 1.165) is 18.7 Å². The Kier molecular flexibility index (Phi) is 3.84. The summed E-state index contributed by atoms with van der Waals surface area (Å²) in [5.74, 6) is 0. The van der Waals surface area contributed by atoms with Gasteiger partial charge in [-0.1, -0.05) is 30.3 Å². The van der Waals surface area contributed by atoms with Gasteiger partial charge in [-0.15, -0.1) is 0 Å². The first-order chi connectivity index (χ1) is 5.93. The molecule has 1 aromatic carbocycles. The van der Waals surface area contributed by atoms with Gasteiger partial charge in [-0.2, -0.15) is 5.11 Å². The zero-order valence-corrected chi connectivity index (χ0v) is 7.20. The molecule has 0 aliphatic carbocycles. The molecule has 1 aromatic rings. The van der Waals surface area contributed by atoms with Crippen LogP contribution in [0.4, 0.5) is 5.69 Å². The summed E-state index contributed by atoms with van der Waals surface area (Å²) in [5.41, 5.74) is 3.81. The van der Waals surface area contributed by atoms with E-state index in [4.69, 9.17) is 0 Å². The van der Waals surface area contributed by atoms with Gasteiger partial charge < -0.3 is 0 Å². The maximum atomic E-state index is 3.90. The van der Waals surface area contributed by atoms with Gasteiger partial charge in [0.2, 0.25) is 0 Å².